The predicted octanol–water partition coefficient (Wildman–Crippen LogP) is 6.26. The van der Waals surface area contributed by atoms with Crippen LogP contribution >= 0.6 is 0 Å². The SMILES string of the molecule is C=CC(=O)OCCOC(=O)NCC1(C)CC(NC(=O)C(C)(C)OC(C)CC(C)(C)OC(=O)NCC2(C)CC(NC(=O)OCCOC(=O)C=C)CC(C)(C)C2)CC(C)(C)C1. The van der Waals surface area contributed by atoms with E-state index in [1.54, 1.807) is 27.7 Å². The molecule has 336 valence electrons. The van der Waals surface area contributed by atoms with Crippen molar-refractivity contribution in [1.29, 1.82) is 0 Å². The molecule has 0 saturated heterocycles. The second-order valence-corrected chi connectivity index (χ2v) is 19.6. The zero-order valence-corrected chi connectivity index (χ0v) is 37.4. The Labute approximate surface area is 351 Å². The van der Waals surface area contributed by atoms with Crippen LogP contribution in [0, 0.1) is 21.7 Å². The number of rotatable bonds is 20. The quantitative estimate of drug-likeness (QED) is 0.0464. The highest BCUT2D eigenvalue weighted by Gasteiger charge is 2.45. The summed E-state index contributed by atoms with van der Waals surface area (Å²) in [6.45, 7) is 28.5. The van der Waals surface area contributed by atoms with Gasteiger partial charge in [-0.2, -0.15) is 0 Å². The highest BCUT2D eigenvalue weighted by Crippen LogP contribution is 2.47. The molecule has 4 amide bonds. The normalized spacial score (nSPS) is 24.2. The van der Waals surface area contributed by atoms with Gasteiger partial charge in [0.15, 0.2) is 0 Å². The first-order chi connectivity index (χ1) is 27.1. The van der Waals surface area contributed by atoms with Gasteiger partial charge in [0, 0.05) is 43.7 Å². The van der Waals surface area contributed by atoms with Gasteiger partial charge in [0.05, 0.1) is 6.10 Å². The molecule has 0 aromatic carbocycles. The summed E-state index contributed by atoms with van der Waals surface area (Å²) < 4.78 is 32.1. The number of carbonyl (C=O) groups is 6. The molecule has 2 aliphatic rings. The van der Waals surface area contributed by atoms with Crippen LogP contribution in [-0.2, 0) is 42.8 Å². The molecule has 0 aromatic rings. The maximum absolute atomic E-state index is 13.7. The second kappa shape index (κ2) is 21.3. The molecule has 5 unspecified atom stereocenters. The summed E-state index contributed by atoms with van der Waals surface area (Å²) in [5.41, 5.74) is -3.09. The fraction of sp³-hybridized carbons (Fsp3) is 0.767. The Morgan fingerprint density at radius 1 is 0.644 bits per heavy atom. The van der Waals surface area contributed by atoms with Crippen molar-refractivity contribution in [2.24, 2.45) is 21.7 Å². The van der Waals surface area contributed by atoms with Gasteiger partial charge in [-0.3, -0.25) is 4.79 Å². The van der Waals surface area contributed by atoms with E-state index in [2.05, 4.69) is 76.0 Å². The Morgan fingerprint density at radius 3 is 1.54 bits per heavy atom. The zero-order valence-electron chi connectivity index (χ0n) is 37.4. The number of alkyl carbamates (subject to hydrolysis) is 3. The van der Waals surface area contributed by atoms with Crippen molar-refractivity contribution in [3.63, 3.8) is 0 Å². The van der Waals surface area contributed by atoms with Crippen LogP contribution in [0.25, 0.3) is 0 Å². The van der Waals surface area contributed by atoms with Crippen LogP contribution in [0.1, 0.15) is 121 Å². The molecule has 2 saturated carbocycles. The Kier molecular flexibility index (Phi) is 18.3. The van der Waals surface area contributed by atoms with Crippen molar-refractivity contribution in [2.45, 2.75) is 150 Å². The number of ether oxygens (including phenoxy) is 6. The number of hydrogen-bond donors (Lipinski definition) is 4. The van der Waals surface area contributed by atoms with Crippen LogP contribution in [0.4, 0.5) is 14.4 Å². The zero-order chi connectivity index (χ0) is 44.9. The van der Waals surface area contributed by atoms with Crippen LogP contribution in [0.3, 0.4) is 0 Å². The van der Waals surface area contributed by atoms with Gasteiger partial charge in [-0.1, -0.05) is 54.7 Å². The summed E-state index contributed by atoms with van der Waals surface area (Å²) in [4.78, 5) is 74.0. The van der Waals surface area contributed by atoms with E-state index in [1.807, 2.05) is 6.92 Å². The van der Waals surface area contributed by atoms with Crippen molar-refractivity contribution in [3.8, 4) is 0 Å². The second-order valence-electron chi connectivity index (χ2n) is 19.6. The molecule has 16 heteroatoms. The van der Waals surface area contributed by atoms with Gasteiger partial charge in [0.2, 0.25) is 0 Å². The first-order valence-corrected chi connectivity index (χ1v) is 20.5. The number of carbonyl (C=O) groups excluding carboxylic acids is 6. The van der Waals surface area contributed by atoms with Crippen LogP contribution in [0.5, 0.6) is 0 Å². The van der Waals surface area contributed by atoms with Crippen molar-refractivity contribution in [3.05, 3.63) is 25.3 Å². The van der Waals surface area contributed by atoms with Crippen molar-refractivity contribution in [2.75, 3.05) is 39.5 Å². The average Bonchev–Trinajstić information content (AvgIpc) is 3.07. The lowest BCUT2D eigenvalue weighted by atomic mass is 9.62. The van der Waals surface area contributed by atoms with Crippen molar-refractivity contribution in [1.82, 2.24) is 21.3 Å². The van der Waals surface area contributed by atoms with Gasteiger partial charge < -0.3 is 49.7 Å². The summed E-state index contributed by atoms with van der Waals surface area (Å²) in [6.07, 6.45) is 4.43. The lowest BCUT2D eigenvalue weighted by Gasteiger charge is -2.47. The monoisotopic (exact) mass is 837 g/mol. The van der Waals surface area contributed by atoms with E-state index in [0.717, 1.165) is 37.8 Å². The predicted molar refractivity (Wildman–Crippen MR) is 221 cm³/mol. The van der Waals surface area contributed by atoms with Gasteiger partial charge in [0.1, 0.15) is 37.6 Å². The van der Waals surface area contributed by atoms with E-state index < -0.39 is 47.5 Å². The van der Waals surface area contributed by atoms with Crippen molar-refractivity contribution >= 4 is 36.1 Å². The smallest absolute Gasteiger partial charge is 0.407 e. The van der Waals surface area contributed by atoms with Crippen LogP contribution in [0.2, 0.25) is 0 Å². The van der Waals surface area contributed by atoms with E-state index in [0.29, 0.717) is 32.4 Å². The summed E-state index contributed by atoms with van der Waals surface area (Å²) in [6, 6.07) is -0.373. The first kappa shape index (κ1) is 50.8. The molecule has 4 N–H and O–H groups in total. The lowest BCUT2D eigenvalue weighted by Crippen LogP contribution is -2.55. The van der Waals surface area contributed by atoms with Crippen LogP contribution in [-0.4, -0.2) is 105 Å². The Balaban J connectivity index is 1.88. The van der Waals surface area contributed by atoms with E-state index in [1.165, 1.54) is 0 Å². The van der Waals surface area contributed by atoms with E-state index in [-0.39, 0.29) is 66.1 Å². The minimum atomic E-state index is -1.20. The molecular weight excluding hydrogens is 764 g/mol. The lowest BCUT2D eigenvalue weighted by molar-refractivity contribution is -0.154. The topological polar surface area (TPSA) is 206 Å². The highest BCUT2D eigenvalue weighted by molar-refractivity contribution is 5.84. The summed E-state index contributed by atoms with van der Waals surface area (Å²) in [5, 5.41) is 11.9. The standard InChI is InChI=1S/C43H72N4O12/c1-14-32(48)54-16-18-56-35(51)44-27-42(12)23-30(21-38(4,5)25-42)46-34(50)41(10,11)58-29(3)20-40(8,9)59-36(52)45-28-43(13)24-31(22-39(6,7)26-43)47-37(53)57-19-17-55-33(49)15-2/h14-15,29-31H,1-2,16-28H2,3-13H3,(H,44,51)(H,45,52)(H,46,50)(H,47,53). The van der Waals surface area contributed by atoms with Crippen LogP contribution < -0.4 is 21.3 Å². The van der Waals surface area contributed by atoms with Gasteiger partial charge in [-0.25, -0.2) is 24.0 Å². The largest absolute Gasteiger partial charge is 0.459 e. The summed E-state index contributed by atoms with van der Waals surface area (Å²) >= 11 is 0. The molecule has 0 aliphatic heterocycles. The first-order valence-electron chi connectivity index (χ1n) is 20.5. The van der Waals surface area contributed by atoms with E-state index in [9.17, 15) is 28.8 Å². The molecule has 0 bridgehead atoms. The highest BCUT2D eigenvalue weighted by atomic mass is 16.6. The van der Waals surface area contributed by atoms with Gasteiger partial charge in [0.25, 0.3) is 5.91 Å². The Morgan fingerprint density at radius 2 is 1.07 bits per heavy atom. The molecule has 16 nitrogen and oxygen atoms in total. The fourth-order valence-corrected chi connectivity index (χ4v) is 9.22. The molecule has 2 aliphatic carbocycles. The number of esters is 2. The molecular formula is C43H72N4O12. The van der Waals surface area contributed by atoms with Gasteiger partial charge >= 0.3 is 30.2 Å². The third-order valence-corrected chi connectivity index (χ3v) is 10.5. The molecule has 0 radical (unpaired) electrons. The third kappa shape index (κ3) is 19.1. The maximum Gasteiger partial charge on any atom is 0.407 e. The maximum atomic E-state index is 13.7. The molecule has 59 heavy (non-hydrogen) atoms. The average molecular weight is 837 g/mol. The van der Waals surface area contributed by atoms with Crippen molar-refractivity contribution < 1.29 is 57.2 Å². The number of nitrogens with one attached hydrogen (secondary N) is 4. The van der Waals surface area contributed by atoms with E-state index in [4.69, 9.17) is 28.4 Å². The molecule has 2 rings (SSSR count). The Bertz CT molecular complexity index is 1510. The molecule has 2 fully saturated rings. The molecule has 0 heterocycles. The number of amides is 4. The molecule has 0 aromatic heterocycles. The minimum Gasteiger partial charge on any atom is -0.459 e. The van der Waals surface area contributed by atoms with E-state index >= 15 is 0 Å². The molecule has 5 atom stereocenters. The number of hydrogen-bond acceptors (Lipinski definition) is 12. The van der Waals surface area contributed by atoms with Gasteiger partial charge in [-0.05, 0) is 94.8 Å². The summed E-state index contributed by atoms with van der Waals surface area (Å²) in [5.74, 6) is -1.46. The fourth-order valence-electron chi connectivity index (χ4n) is 9.22. The summed E-state index contributed by atoms with van der Waals surface area (Å²) in [7, 11) is 0. The molecule has 0 spiro atoms. The van der Waals surface area contributed by atoms with Crippen LogP contribution in [0.15, 0.2) is 25.3 Å². The Hall–Kier alpha value is -4.34. The minimum absolute atomic E-state index is 0.0734. The van der Waals surface area contributed by atoms with Gasteiger partial charge in [-0.15, -0.1) is 0 Å². The third-order valence-electron chi connectivity index (χ3n) is 10.5.